The first-order chi connectivity index (χ1) is 5.79. The molecule has 2 heteroatoms. The molecule has 0 amide bonds. The monoisotopic (exact) mass is 162 g/mol. The average Bonchev–Trinajstić information content (AvgIpc) is 2.05. The molecule has 0 aromatic heterocycles. The zero-order valence-electron chi connectivity index (χ0n) is 6.82. The van der Waals surface area contributed by atoms with Crippen molar-refractivity contribution in [3.8, 4) is 17.8 Å². The third-order valence-corrected chi connectivity index (χ3v) is 1.18. The first-order valence-electron chi connectivity index (χ1n) is 3.69. The van der Waals surface area contributed by atoms with Gasteiger partial charge in [0, 0.05) is 0 Å². The molecule has 1 rings (SSSR count). The normalized spacial score (nSPS) is 11.2. The average molecular weight is 162 g/mol. The Morgan fingerprint density at radius 3 is 2.58 bits per heavy atom. The van der Waals surface area contributed by atoms with Gasteiger partial charge in [0.25, 0.3) is 0 Å². The van der Waals surface area contributed by atoms with Crippen molar-refractivity contribution in [2.45, 2.75) is 13.0 Å². The summed E-state index contributed by atoms with van der Waals surface area (Å²) in [6.07, 6.45) is 1.76. The molecule has 1 aromatic rings. The lowest BCUT2D eigenvalue weighted by Crippen LogP contribution is -1.94. The second-order valence-electron chi connectivity index (χ2n) is 2.34. The van der Waals surface area contributed by atoms with E-state index in [1.807, 2.05) is 18.2 Å². The van der Waals surface area contributed by atoms with E-state index in [0.29, 0.717) is 5.75 Å². The molecular weight excluding hydrogens is 152 g/mol. The van der Waals surface area contributed by atoms with Crippen LogP contribution in [0.15, 0.2) is 30.3 Å². The Labute approximate surface area is 71.8 Å². The molecule has 62 valence electrons. The second kappa shape index (κ2) is 4.42. The zero-order valence-corrected chi connectivity index (χ0v) is 6.82. The summed E-state index contributed by atoms with van der Waals surface area (Å²) in [5, 5.41) is 8.78. The van der Waals surface area contributed by atoms with Crippen LogP contribution in [0.2, 0.25) is 0 Å². The van der Waals surface area contributed by atoms with Gasteiger partial charge in [-0.15, -0.1) is 0 Å². The van der Waals surface area contributed by atoms with Crippen LogP contribution in [0, 0.1) is 12.0 Å². The van der Waals surface area contributed by atoms with Crippen LogP contribution >= 0.6 is 0 Å². The molecule has 0 aliphatic carbocycles. The van der Waals surface area contributed by atoms with Crippen molar-refractivity contribution in [2.24, 2.45) is 0 Å². The first-order valence-corrected chi connectivity index (χ1v) is 3.69. The smallest absolute Gasteiger partial charge is 0.140 e. The SMILES string of the molecule is CC(O)C#COc1ccccc1. The maximum atomic E-state index is 8.78. The van der Waals surface area contributed by atoms with Gasteiger partial charge in [-0.1, -0.05) is 18.2 Å². The number of para-hydroxylation sites is 1. The summed E-state index contributed by atoms with van der Waals surface area (Å²) in [7, 11) is 0. The summed E-state index contributed by atoms with van der Waals surface area (Å²) in [4.78, 5) is 0. The van der Waals surface area contributed by atoms with Gasteiger partial charge in [-0.2, -0.15) is 0 Å². The fourth-order valence-corrected chi connectivity index (χ4v) is 0.662. The Bertz CT molecular complexity index is 280. The van der Waals surface area contributed by atoms with Crippen LogP contribution < -0.4 is 4.74 Å². The lowest BCUT2D eigenvalue weighted by Gasteiger charge is -1.94. The summed E-state index contributed by atoms with van der Waals surface area (Å²) in [5.74, 6) is 3.16. The lowest BCUT2D eigenvalue weighted by molar-refractivity contribution is 0.252. The number of rotatable bonds is 1. The second-order valence-corrected chi connectivity index (χ2v) is 2.34. The van der Waals surface area contributed by atoms with Crippen molar-refractivity contribution in [3.05, 3.63) is 30.3 Å². The van der Waals surface area contributed by atoms with Crippen LogP contribution in [-0.2, 0) is 0 Å². The lowest BCUT2D eigenvalue weighted by atomic mass is 10.3. The summed E-state index contributed by atoms with van der Waals surface area (Å²) in [6, 6.07) is 9.22. The van der Waals surface area contributed by atoms with Gasteiger partial charge in [0.1, 0.15) is 18.0 Å². The molecule has 0 spiro atoms. The van der Waals surface area contributed by atoms with E-state index in [0.717, 1.165) is 0 Å². The third-order valence-electron chi connectivity index (χ3n) is 1.18. The first kappa shape index (κ1) is 8.63. The largest absolute Gasteiger partial charge is 0.407 e. The minimum Gasteiger partial charge on any atom is -0.407 e. The molecule has 0 radical (unpaired) electrons. The van der Waals surface area contributed by atoms with E-state index in [4.69, 9.17) is 9.84 Å². The summed E-state index contributed by atoms with van der Waals surface area (Å²) in [6.45, 7) is 1.58. The Balaban J connectivity index is 2.51. The van der Waals surface area contributed by atoms with Crippen molar-refractivity contribution in [3.63, 3.8) is 0 Å². The van der Waals surface area contributed by atoms with Gasteiger partial charge in [-0.3, -0.25) is 0 Å². The van der Waals surface area contributed by atoms with Gasteiger partial charge in [0.2, 0.25) is 0 Å². The van der Waals surface area contributed by atoms with Gasteiger partial charge < -0.3 is 9.84 Å². The predicted octanol–water partition coefficient (Wildman–Crippen LogP) is 1.41. The fraction of sp³-hybridized carbons (Fsp3) is 0.200. The molecule has 0 heterocycles. The van der Waals surface area contributed by atoms with Gasteiger partial charge >= 0.3 is 0 Å². The van der Waals surface area contributed by atoms with Crippen molar-refractivity contribution in [1.29, 1.82) is 0 Å². The molecule has 1 aromatic carbocycles. The molecular formula is C10H10O2. The molecule has 1 N–H and O–H groups in total. The molecule has 0 saturated carbocycles. The fourth-order valence-electron chi connectivity index (χ4n) is 0.662. The van der Waals surface area contributed by atoms with Gasteiger partial charge in [0.15, 0.2) is 0 Å². The number of hydrogen-bond donors (Lipinski definition) is 1. The minimum absolute atomic E-state index is 0.645. The molecule has 1 atom stereocenters. The topological polar surface area (TPSA) is 29.5 Å². The summed E-state index contributed by atoms with van der Waals surface area (Å²) < 4.78 is 5.00. The highest BCUT2D eigenvalue weighted by Crippen LogP contribution is 2.06. The number of ether oxygens (including phenoxy) is 1. The highest BCUT2D eigenvalue weighted by Gasteiger charge is 1.86. The molecule has 0 fully saturated rings. The van der Waals surface area contributed by atoms with Crippen molar-refractivity contribution < 1.29 is 9.84 Å². The predicted molar refractivity (Wildman–Crippen MR) is 46.5 cm³/mol. The maximum absolute atomic E-state index is 8.78. The van der Waals surface area contributed by atoms with E-state index >= 15 is 0 Å². The Kier molecular flexibility index (Phi) is 3.18. The van der Waals surface area contributed by atoms with Crippen LogP contribution in [0.3, 0.4) is 0 Å². The van der Waals surface area contributed by atoms with Crippen LogP contribution in [0.25, 0.3) is 0 Å². The molecule has 0 aliphatic rings. The third kappa shape index (κ3) is 3.09. The number of aliphatic hydroxyl groups is 1. The molecule has 0 aliphatic heterocycles. The number of aliphatic hydroxyl groups excluding tert-OH is 1. The van der Waals surface area contributed by atoms with Gasteiger partial charge in [-0.05, 0) is 25.0 Å². The minimum atomic E-state index is -0.645. The molecule has 12 heavy (non-hydrogen) atoms. The Hall–Kier alpha value is -1.46. The van der Waals surface area contributed by atoms with Crippen molar-refractivity contribution in [2.75, 3.05) is 0 Å². The van der Waals surface area contributed by atoms with E-state index < -0.39 is 6.10 Å². The van der Waals surface area contributed by atoms with Crippen LogP contribution in [0.4, 0.5) is 0 Å². The molecule has 0 saturated heterocycles. The zero-order chi connectivity index (χ0) is 8.81. The Morgan fingerprint density at radius 1 is 1.33 bits per heavy atom. The maximum Gasteiger partial charge on any atom is 0.140 e. The van der Waals surface area contributed by atoms with Gasteiger partial charge in [-0.25, -0.2) is 0 Å². The molecule has 2 nitrogen and oxygen atoms in total. The van der Waals surface area contributed by atoms with E-state index in [1.54, 1.807) is 19.1 Å². The van der Waals surface area contributed by atoms with Crippen molar-refractivity contribution in [1.82, 2.24) is 0 Å². The highest BCUT2D eigenvalue weighted by molar-refractivity contribution is 5.23. The van der Waals surface area contributed by atoms with Crippen molar-refractivity contribution >= 4 is 0 Å². The van der Waals surface area contributed by atoms with Crippen LogP contribution in [0.1, 0.15) is 6.92 Å². The van der Waals surface area contributed by atoms with E-state index in [-0.39, 0.29) is 0 Å². The standard InChI is InChI=1S/C10H10O2/c1-9(11)7-8-12-10-5-3-2-4-6-10/h2-6,9,11H,1H3. The van der Waals surface area contributed by atoms with E-state index in [9.17, 15) is 0 Å². The van der Waals surface area contributed by atoms with Crippen LogP contribution in [-0.4, -0.2) is 11.2 Å². The summed E-state index contributed by atoms with van der Waals surface area (Å²) >= 11 is 0. The Morgan fingerprint density at radius 2 is 2.00 bits per heavy atom. The van der Waals surface area contributed by atoms with Crippen LogP contribution in [0.5, 0.6) is 5.75 Å². The summed E-state index contributed by atoms with van der Waals surface area (Å²) in [5.41, 5.74) is 0. The number of benzene rings is 1. The van der Waals surface area contributed by atoms with E-state index in [2.05, 4.69) is 12.0 Å². The van der Waals surface area contributed by atoms with E-state index in [1.165, 1.54) is 0 Å². The molecule has 0 bridgehead atoms. The quantitative estimate of drug-likeness (QED) is 0.632. The number of hydrogen-bond acceptors (Lipinski definition) is 2. The highest BCUT2D eigenvalue weighted by atomic mass is 16.5. The molecule has 1 unspecified atom stereocenters. The van der Waals surface area contributed by atoms with Gasteiger partial charge in [0.05, 0.1) is 0 Å².